The third-order valence-corrected chi connectivity index (χ3v) is 5.67. The first-order valence-electron chi connectivity index (χ1n) is 6.56. The van der Waals surface area contributed by atoms with Gasteiger partial charge in [0.2, 0.25) is 10.0 Å². The topological polar surface area (TPSA) is 63.4 Å². The van der Waals surface area contributed by atoms with Gasteiger partial charge in [0.1, 0.15) is 0 Å². The minimum atomic E-state index is -4.71. The molecule has 2 rings (SSSR count). The Labute approximate surface area is 121 Å². The second kappa shape index (κ2) is 5.58. The minimum Gasteiger partial charge on any atom is -0.327 e. The van der Waals surface area contributed by atoms with E-state index in [1.165, 1.54) is 12.1 Å². The van der Waals surface area contributed by atoms with Crippen molar-refractivity contribution in [1.29, 1.82) is 0 Å². The summed E-state index contributed by atoms with van der Waals surface area (Å²) in [6.45, 7) is 2.07. The van der Waals surface area contributed by atoms with Gasteiger partial charge in [-0.2, -0.15) is 17.5 Å². The van der Waals surface area contributed by atoms with E-state index in [0.29, 0.717) is 6.42 Å². The number of alkyl halides is 3. The molecule has 118 valence electrons. The molecule has 1 aliphatic heterocycles. The summed E-state index contributed by atoms with van der Waals surface area (Å²) in [4.78, 5) is -0.694. The van der Waals surface area contributed by atoms with Crippen molar-refractivity contribution in [2.75, 3.05) is 13.1 Å². The Kier molecular flexibility index (Phi) is 4.32. The van der Waals surface area contributed by atoms with E-state index < -0.39 is 26.7 Å². The highest BCUT2D eigenvalue weighted by atomic mass is 32.2. The molecule has 0 aliphatic carbocycles. The summed E-state index contributed by atoms with van der Waals surface area (Å²) in [5, 5.41) is 0. The molecule has 0 spiro atoms. The molecule has 2 unspecified atom stereocenters. The average Bonchev–Trinajstić information content (AvgIpc) is 2.41. The standard InChI is InChI=1S/C13H17F3N2O2S/c1-9-8-18(7-6-11(9)17)21(19,20)12-5-3-2-4-10(12)13(14,15)16/h2-5,9,11H,6-8,17H2,1H3. The fourth-order valence-electron chi connectivity index (χ4n) is 2.41. The Morgan fingerprint density at radius 3 is 2.48 bits per heavy atom. The summed E-state index contributed by atoms with van der Waals surface area (Å²) < 4.78 is 65.0. The van der Waals surface area contributed by atoms with Crippen molar-refractivity contribution in [3.8, 4) is 0 Å². The highest BCUT2D eigenvalue weighted by Gasteiger charge is 2.40. The van der Waals surface area contributed by atoms with E-state index in [0.717, 1.165) is 16.4 Å². The van der Waals surface area contributed by atoms with E-state index in [9.17, 15) is 21.6 Å². The van der Waals surface area contributed by atoms with E-state index >= 15 is 0 Å². The number of hydrogen-bond donors (Lipinski definition) is 1. The van der Waals surface area contributed by atoms with E-state index in [1.54, 1.807) is 6.92 Å². The molecule has 2 atom stereocenters. The summed E-state index contributed by atoms with van der Waals surface area (Å²) in [6, 6.07) is 4.12. The van der Waals surface area contributed by atoms with Gasteiger partial charge in [-0.15, -0.1) is 0 Å². The Bertz CT molecular complexity index is 616. The smallest absolute Gasteiger partial charge is 0.327 e. The second-order valence-electron chi connectivity index (χ2n) is 5.29. The van der Waals surface area contributed by atoms with Gasteiger partial charge in [0.25, 0.3) is 0 Å². The molecular weight excluding hydrogens is 305 g/mol. The van der Waals surface area contributed by atoms with Crippen molar-refractivity contribution in [3.63, 3.8) is 0 Å². The third kappa shape index (κ3) is 3.22. The van der Waals surface area contributed by atoms with Gasteiger partial charge in [-0.05, 0) is 24.5 Å². The zero-order valence-electron chi connectivity index (χ0n) is 11.5. The van der Waals surface area contributed by atoms with Crippen LogP contribution < -0.4 is 5.73 Å². The maximum Gasteiger partial charge on any atom is 0.417 e. The predicted molar refractivity (Wildman–Crippen MR) is 72.0 cm³/mol. The molecule has 8 heteroatoms. The van der Waals surface area contributed by atoms with Crippen LogP contribution in [-0.4, -0.2) is 31.9 Å². The van der Waals surface area contributed by atoms with Gasteiger partial charge in [-0.3, -0.25) is 0 Å². The summed E-state index contributed by atoms with van der Waals surface area (Å²) >= 11 is 0. The Hall–Kier alpha value is -1.12. The van der Waals surface area contributed by atoms with E-state index in [-0.39, 0.29) is 25.0 Å². The van der Waals surface area contributed by atoms with Gasteiger partial charge in [0, 0.05) is 19.1 Å². The molecule has 0 aromatic heterocycles. The number of rotatable bonds is 2. The fraction of sp³-hybridized carbons (Fsp3) is 0.538. The monoisotopic (exact) mass is 322 g/mol. The highest BCUT2D eigenvalue weighted by Crippen LogP contribution is 2.35. The van der Waals surface area contributed by atoms with Crippen molar-refractivity contribution >= 4 is 10.0 Å². The third-order valence-electron chi connectivity index (χ3n) is 3.74. The number of hydrogen-bond acceptors (Lipinski definition) is 3. The first kappa shape index (κ1) is 16.3. The maximum atomic E-state index is 13.0. The van der Waals surface area contributed by atoms with Crippen molar-refractivity contribution < 1.29 is 21.6 Å². The molecule has 0 saturated carbocycles. The van der Waals surface area contributed by atoms with Crippen LogP contribution in [0.15, 0.2) is 29.2 Å². The summed E-state index contributed by atoms with van der Waals surface area (Å²) in [5.41, 5.74) is 4.69. The Morgan fingerprint density at radius 2 is 1.90 bits per heavy atom. The molecule has 0 bridgehead atoms. The Balaban J connectivity index is 2.42. The number of nitrogens with zero attached hydrogens (tertiary/aromatic N) is 1. The van der Waals surface area contributed by atoms with Crippen LogP contribution in [0.5, 0.6) is 0 Å². The van der Waals surface area contributed by atoms with Gasteiger partial charge in [0.05, 0.1) is 10.5 Å². The van der Waals surface area contributed by atoms with Gasteiger partial charge >= 0.3 is 6.18 Å². The molecule has 21 heavy (non-hydrogen) atoms. The predicted octanol–water partition coefficient (Wildman–Crippen LogP) is 2.06. The molecule has 1 fully saturated rings. The van der Waals surface area contributed by atoms with Crippen LogP contribution in [0, 0.1) is 5.92 Å². The number of sulfonamides is 1. The van der Waals surface area contributed by atoms with E-state index in [4.69, 9.17) is 5.73 Å². The molecule has 1 aliphatic rings. The van der Waals surface area contributed by atoms with Crippen LogP contribution in [0.25, 0.3) is 0 Å². The van der Waals surface area contributed by atoms with Crippen LogP contribution in [0.2, 0.25) is 0 Å². The fourth-order valence-corrected chi connectivity index (χ4v) is 4.18. The van der Waals surface area contributed by atoms with Crippen LogP contribution in [0.1, 0.15) is 18.9 Å². The first-order valence-corrected chi connectivity index (χ1v) is 8.00. The molecular formula is C13H17F3N2O2S. The van der Waals surface area contributed by atoms with E-state index in [2.05, 4.69) is 0 Å². The Morgan fingerprint density at radius 1 is 1.29 bits per heavy atom. The zero-order valence-corrected chi connectivity index (χ0v) is 12.3. The summed E-state index contributed by atoms with van der Waals surface area (Å²) in [6.07, 6.45) is -4.27. The summed E-state index contributed by atoms with van der Waals surface area (Å²) in [7, 11) is -4.17. The lowest BCUT2D eigenvalue weighted by molar-refractivity contribution is -0.139. The first-order chi connectivity index (χ1) is 9.64. The van der Waals surface area contributed by atoms with Crippen LogP contribution >= 0.6 is 0 Å². The molecule has 0 radical (unpaired) electrons. The molecule has 4 nitrogen and oxygen atoms in total. The average molecular weight is 322 g/mol. The normalized spacial score (nSPS) is 25.0. The largest absolute Gasteiger partial charge is 0.417 e. The molecule has 0 amide bonds. The van der Waals surface area contributed by atoms with E-state index in [1.807, 2.05) is 0 Å². The molecule has 1 heterocycles. The van der Waals surface area contributed by atoms with Crippen molar-refractivity contribution in [2.24, 2.45) is 11.7 Å². The lowest BCUT2D eigenvalue weighted by Gasteiger charge is -2.34. The lowest BCUT2D eigenvalue weighted by atomic mass is 9.96. The van der Waals surface area contributed by atoms with Crippen molar-refractivity contribution in [2.45, 2.75) is 30.5 Å². The SMILES string of the molecule is CC1CN(S(=O)(=O)c2ccccc2C(F)(F)F)CCC1N. The van der Waals surface area contributed by atoms with Gasteiger partial charge in [-0.25, -0.2) is 8.42 Å². The number of benzene rings is 1. The highest BCUT2D eigenvalue weighted by molar-refractivity contribution is 7.89. The van der Waals surface area contributed by atoms with Crippen LogP contribution in [0.4, 0.5) is 13.2 Å². The molecule has 1 aromatic rings. The van der Waals surface area contributed by atoms with Crippen LogP contribution in [-0.2, 0) is 16.2 Å². The molecule has 1 saturated heterocycles. The number of halogens is 3. The second-order valence-corrected chi connectivity index (χ2v) is 7.19. The summed E-state index contributed by atoms with van der Waals surface area (Å²) in [5.74, 6) is -0.0911. The van der Waals surface area contributed by atoms with Gasteiger partial charge in [-0.1, -0.05) is 19.1 Å². The lowest BCUT2D eigenvalue weighted by Crippen LogP contribution is -2.48. The molecule has 1 aromatic carbocycles. The van der Waals surface area contributed by atoms with Crippen molar-refractivity contribution in [3.05, 3.63) is 29.8 Å². The van der Waals surface area contributed by atoms with Gasteiger partial charge in [0.15, 0.2) is 0 Å². The zero-order chi connectivity index (χ0) is 15.8. The molecule has 2 N–H and O–H groups in total. The van der Waals surface area contributed by atoms with Crippen LogP contribution in [0.3, 0.4) is 0 Å². The minimum absolute atomic E-state index is 0.0911. The van der Waals surface area contributed by atoms with Crippen molar-refractivity contribution in [1.82, 2.24) is 4.31 Å². The quantitative estimate of drug-likeness (QED) is 0.906. The number of nitrogens with two attached hydrogens (primary N) is 1. The maximum absolute atomic E-state index is 13.0. The number of piperidine rings is 1. The van der Waals surface area contributed by atoms with Gasteiger partial charge < -0.3 is 5.73 Å².